The minimum absolute atomic E-state index is 0.0704. The molecule has 0 spiro atoms. The van der Waals surface area contributed by atoms with Gasteiger partial charge in [-0.1, -0.05) is 47.1 Å². The summed E-state index contributed by atoms with van der Waals surface area (Å²) in [6.45, 7) is 4.78. The molecule has 0 aliphatic rings. The van der Waals surface area contributed by atoms with Gasteiger partial charge in [-0.2, -0.15) is 10.4 Å². The van der Waals surface area contributed by atoms with Gasteiger partial charge in [0, 0.05) is 12.6 Å². The fourth-order valence-corrected chi connectivity index (χ4v) is 4.07. The van der Waals surface area contributed by atoms with Gasteiger partial charge in [0.15, 0.2) is 5.69 Å². The van der Waals surface area contributed by atoms with Crippen LogP contribution in [0.1, 0.15) is 39.9 Å². The molecule has 0 aliphatic heterocycles. The van der Waals surface area contributed by atoms with E-state index in [1.54, 1.807) is 37.3 Å². The second kappa shape index (κ2) is 15.1. The zero-order valence-electron chi connectivity index (χ0n) is 24.8. The number of allylic oxidation sites excluding steroid dienone is 1. The summed E-state index contributed by atoms with van der Waals surface area (Å²) in [5, 5.41) is 35.2. The Bertz CT molecular complexity index is 1690. The normalized spacial score (nSPS) is 13.2. The highest BCUT2D eigenvalue weighted by atomic mass is 16.5. The molecule has 0 saturated carbocycles. The first-order valence-corrected chi connectivity index (χ1v) is 13.9. The molecular weight excluding hydrogens is 580 g/mol. The standard InChI is InChI=1S/C31H32N8O6/c1-19-7-9-22(10-8-19)15-34-29(41)27(36-31(43)28(21(3)40)37-30(42)26-11-20(2)45-38-26)16-44-25-6-4-5-23(13-25)12-24(14-32)39-18-33-17-35-39/h4-13,17-18,21,27-28,40H,15-16H2,1-3H3,(H,34,41)(H,36,43)(H,37,42)/b24-12+/t21-,27+,28+/m1/s1. The first kappa shape index (κ1) is 32.1. The highest BCUT2D eigenvalue weighted by Gasteiger charge is 2.31. The van der Waals surface area contributed by atoms with Gasteiger partial charge in [-0.25, -0.2) is 9.67 Å². The number of nitriles is 1. The molecule has 4 N–H and O–H groups in total. The van der Waals surface area contributed by atoms with Crippen molar-refractivity contribution in [2.75, 3.05) is 6.61 Å². The lowest BCUT2D eigenvalue weighted by atomic mass is 10.1. The number of nitrogens with one attached hydrogen (secondary N) is 3. The zero-order chi connectivity index (χ0) is 32.3. The van der Waals surface area contributed by atoms with Crippen molar-refractivity contribution >= 4 is 29.5 Å². The Labute approximate surface area is 258 Å². The Kier molecular flexibility index (Phi) is 10.8. The largest absolute Gasteiger partial charge is 0.491 e. The van der Waals surface area contributed by atoms with Gasteiger partial charge < -0.3 is 30.3 Å². The highest BCUT2D eigenvalue weighted by Crippen LogP contribution is 2.17. The summed E-state index contributed by atoms with van der Waals surface area (Å²) in [7, 11) is 0. The summed E-state index contributed by atoms with van der Waals surface area (Å²) < 4.78 is 12.1. The number of rotatable bonds is 13. The van der Waals surface area contributed by atoms with Crippen LogP contribution in [0.3, 0.4) is 0 Å². The van der Waals surface area contributed by atoms with Crippen LogP contribution in [0.4, 0.5) is 0 Å². The maximum Gasteiger partial charge on any atom is 0.274 e. The molecule has 2 heterocycles. The van der Waals surface area contributed by atoms with E-state index in [9.17, 15) is 24.8 Å². The van der Waals surface area contributed by atoms with E-state index in [0.717, 1.165) is 11.1 Å². The summed E-state index contributed by atoms with van der Waals surface area (Å²) in [5.74, 6) is -1.37. The molecule has 3 amide bonds. The fourth-order valence-electron chi connectivity index (χ4n) is 4.07. The van der Waals surface area contributed by atoms with Gasteiger partial charge in [0.05, 0.1) is 6.10 Å². The Morgan fingerprint density at radius 2 is 1.89 bits per heavy atom. The minimum atomic E-state index is -1.42. The number of carbonyl (C=O) groups excluding carboxylic acids is 3. The van der Waals surface area contributed by atoms with Crippen LogP contribution in [0.5, 0.6) is 5.75 Å². The van der Waals surface area contributed by atoms with Crippen molar-refractivity contribution in [3.63, 3.8) is 0 Å². The average molecular weight is 613 g/mol. The van der Waals surface area contributed by atoms with Crippen molar-refractivity contribution in [3.05, 3.63) is 95.4 Å². The van der Waals surface area contributed by atoms with Crippen molar-refractivity contribution in [3.8, 4) is 11.8 Å². The summed E-state index contributed by atoms with van der Waals surface area (Å²) in [5.41, 5.74) is 2.67. The molecule has 3 atom stereocenters. The van der Waals surface area contributed by atoms with Crippen LogP contribution < -0.4 is 20.7 Å². The van der Waals surface area contributed by atoms with Gasteiger partial charge in [0.25, 0.3) is 5.91 Å². The summed E-state index contributed by atoms with van der Waals surface area (Å²) in [4.78, 5) is 43.1. The number of aliphatic hydroxyl groups is 1. The number of hydrogen-bond donors (Lipinski definition) is 4. The lowest BCUT2D eigenvalue weighted by Crippen LogP contribution is -2.58. The molecule has 2 aromatic heterocycles. The van der Waals surface area contributed by atoms with Crippen LogP contribution in [0.15, 0.2) is 71.8 Å². The zero-order valence-corrected chi connectivity index (χ0v) is 24.8. The molecule has 232 valence electrons. The van der Waals surface area contributed by atoms with Crippen LogP contribution >= 0.6 is 0 Å². The second-order valence-electron chi connectivity index (χ2n) is 10.1. The van der Waals surface area contributed by atoms with Gasteiger partial charge in [-0.15, -0.1) is 0 Å². The van der Waals surface area contributed by atoms with Gasteiger partial charge in [-0.3, -0.25) is 14.4 Å². The molecule has 14 nitrogen and oxygen atoms in total. The molecule has 0 saturated heterocycles. The number of nitrogens with zero attached hydrogens (tertiary/aromatic N) is 5. The third-order valence-corrected chi connectivity index (χ3v) is 6.49. The quantitative estimate of drug-likeness (QED) is 0.161. The number of aromatic nitrogens is 4. The van der Waals surface area contributed by atoms with Crippen LogP contribution in [-0.2, 0) is 16.1 Å². The first-order chi connectivity index (χ1) is 21.6. The number of aliphatic hydroxyl groups excluding tert-OH is 1. The van der Waals surface area contributed by atoms with E-state index in [4.69, 9.17) is 9.26 Å². The molecule has 4 rings (SSSR count). The topological polar surface area (TPSA) is 197 Å². The maximum absolute atomic E-state index is 13.3. The van der Waals surface area contributed by atoms with Gasteiger partial charge in [-0.05, 0) is 50.1 Å². The number of benzene rings is 2. The van der Waals surface area contributed by atoms with Crippen LogP contribution in [0.25, 0.3) is 11.8 Å². The van der Waals surface area contributed by atoms with Gasteiger partial charge in [0.2, 0.25) is 11.8 Å². The number of amides is 3. The third-order valence-electron chi connectivity index (χ3n) is 6.49. The van der Waals surface area contributed by atoms with E-state index >= 15 is 0 Å². The number of ether oxygens (including phenoxy) is 1. The van der Waals surface area contributed by atoms with E-state index in [-0.39, 0.29) is 24.5 Å². The van der Waals surface area contributed by atoms with E-state index in [1.165, 1.54) is 30.3 Å². The van der Waals surface area contributed by atoms with E-state index in [1.807, 2.05) is 31.2 Å². The average Bonchev–Trinajstić information content (AvgIpc) is 3.72. The minimum Gasteiger partial charge on any atom is -0.491 e. The maximum atomic E-state index is 13.3. The van der Waals surface area contributed by atoms with Crippen molar-refractivity contribution in [2.45, 2.75) is 45.5 Å². The molecule has 0 unspecified atom stereocenters. The number of aryl methyl sites for hydroxylation is 2. The summed E-state index contributed by atoms with van der Waals surface area (Å²) in [6.07, 6.45) is 2.97. The van der Waals surface area contributed by atoms with Gasteiger partial charge in [0.1, 0.15) is 54.6 Å². The van der Waals surface area contributed by atoms with Gasteiger partial charge >= 0.3 is 0 Å². The smallest absolute Gasteiger partial charge is 0.274 e. The summed E-state index contributed by atoms with van der Waals surface area (Å²) in [6, 6.07) is 15.1. The van der Waals surface area contributed by atoms with Crippen molar-refractivity contribution in [1.82, 2.24) is 35.9 Å². The summed E-state index contributed by atoms with van der Waals surface area (Å²) >= 11 is 0. The predicted octanol–water partition coefficient (Wildman–Crippen LogP) is 1.76. The van der Waals surface area contributed by atoms with Crippen LogP contribution in [0.2, 0.25) is 0 Å². The Morgan fingerprint density at radius 1 is 1.11 bits per heavy atom. The van der Waals surface area contributed by atoms with Crippen LogP contribution in [-0.4, -0.2) is 67.5 Å². The number of hydrogen-bond acceptors (Lipinski definition) is 10. The second-order valence-corrected chi connectivity index (χ2v) is 10.1. The SMILES string of the molecule is Cc1ccc(CNC(=O)[C@H](COc2cccc(/C=C(\C#N)n3cncn3)c2)NC(=O)[C@@H](NC(=O)c2cc(C)on2)[C@@H](C)O)cc1. The lowest BCUT2D eigenvalue weighted by molar-refractivity contribution is -0.132. The molecular formula is C31H32N8O6. The van der Waals surface area contributed by atoms with Crippen molar-refractivity contribution in [1.29, 1.82) is 5.26 Å². The van der Waals surface area contributed by atoms with E-state index in [2.05, 4.69) is 37.3 Å². The van der Waals surface area contributed by atoms with Crippen molar-refractivity contribution < 1.29 is 28.8 Å². The highest BCUT2D eigenvalue weighted by molar-refractivity contribution is 5.97. The molecule has 4 aromatic rings. The molecule has 0 aliphatic carbocycles. The first-order valence-electron chi connectivity index (χ1n) is 13.9. The number of carbonyl (C=O) groups is 3. The Hall–Kier alpha value is -5.81. The van der Waals surface area contributed by atoms with E-state index in [0.29, 0.717) is 17.1 Å². The fraction of sp³-hybridized carbons (Fsp3) is 0.258. The van der Waals surface area contributed by atoms with Crippen LogP contribution in [0, 0.1) is 25.2 Å². The lowest BCUT2D eigenvalue weighted by Gasteiger charge is -2.24. The van der Waals surface area contributed by atoms with E-state index < -0.39 is 35.9 Å². The Morgan fingerprint density at radius 3 is 2.53 bits per heavy atom. The molecule has 0 bridgehead atoms. The molecule has 2 aromatic carbocycles. The monoisotopic (exact) mass is 612 g/mol. The predicted molar refractivity (Wildman–Crippen MR) is 161 cm³/mol. The molecule has 0 radical (unpaired) electrons. The third kappa shape index (κ3) is 9.09. The Balaban J connectivity index is 1.50. The molecule has 0 fully saturated rings. The molecule has 14 heteroatoms. The van der Waals surface area contributed by atoms with Crippen molar-refractivity contribution in [2.24, 2.45) is 0 Å². The molecule has 45 heavy (non-hydrogen) atoms.